The molecule has 1 amide bonds. The van der Waals surface area contributed by atoms with Gasteiger partial charge in [-0.3, -0.25) is 4.79 Å². The van der Waals surface area contributed by atoms with Gasteiger partial charge in [0.1, 0.15) is 5.52 Å². The van der Waals surface area contributed by atoms with Crippen LogP contribution in [0, 0.1) is 17.5 Å². The zero-order valence-electron chi connectivity index (χ0n) is 12.3. The number of anilines is 1. The fraction of sp³-hybridized carbons (Fsp3) is 0.125. The molecule has 1 N–H and O–H groups in total. The molecule has 4 nitrogen and oxygen atoms in total. The van der Waals surface area contributed by atoms with Crippen molar-refractivity contribution in [2.24, 2.45) is 0 Å². The highest BCUT2D eigenvalue weighted by atomic mass is 32.2. The number of nitrogens with one attached hydrogen (secondary N) is 1. The lowest BCUT2D eigenvalue weighted by Gasteiger charge is -2.11. The van der Waals surface area contributed by atoms with Crippen LogP contribution in [-0.4, -0.2) is 16.1 Å². The van der Waals surface area contributed by atoms with Crippen LogP contribution in [-0.2, 0) is 4.79 Å². The Bertz CT molecular complexity index is 880. The Morgan fingerprint density at radius 2 is 1.92 bits per heavy atom. The van der Waals surface area contributed by atoms with Crippen LogP contribution in [0.25, 0.3) is 11.1 Å². The summed E-state index contributed by atoms with van der Waals surface area (Å²) in [7, 11) is 0. The topological polar surface area (TPSA) is 55.1 Å². The van der Waals surface area contributed by atoms with Crippen LogP contribution in [0.3, 0.4) is 0 Å². The molecule has 3 rings (SSSR count). The van der Waals surface area contributed by atoms with E-state index in [0.717, 1.165) is 23.9 Å². The minimum atomic E-state index is -1.63. The van der Waals surface area contributed by atoms with Crippen molar-refractivity contribution in [2.75, 3.05) is 5.32 Å². The number of nitrogens with zero attached hydrogens (tertiary/aromatic N) is 1. The van der Waals surface area contributed by atoms with Gasteiger partial charge in [-0.1, -0.05) is 23.9 Å². The Labute approximate surface area is 139 Å². The molecular weight excluding hydrogens is 341 g/mol. The standard InChI is InChI=1S/C16H11F3N2O2S/c1-8(24-16-21-10-4-2-3-5-12(10)23-16)15(22)20-11-7-6-9(17)13(18)14(11)19/h2-8H,1H3,(H,20,22)/t8-/m1/s1. The SMILES string of the molecule is C[C@@H](Sc1nc2ccccc2o1)C(=O)Nc1ccc(F)c(F)c1F. The van der Waals surface area contributed by atoms with Crippen LogP contribution < -0.4 is 5.32 Å². The Morgan fingerprint density at radius 1 is 1.17 bits per heavy atom. The highest BCUT2D eigenvalue weighted by molar-refractivity contribution is 8.00. The molecule has 2 aromatic carbocycles. The van der Waals surface area contributed by atoms with Crippen LogP contribution in [0.1, 0.15) is 6.92 Å². The molecule has 1 heterocycles. The molecule has 124 valence electrons. The summed E-state index contributed by atoms with van der Waals surface area (Å²) in [6.07, 6.45) is 0. The summed E-state index contributed by atoms with van der Waals surface area (Å²) in [6, 6.07) is 8.82. The molecule has 0 bridgehead atoms. The Kier molecular flexibility index (Phi) is 4.48. The number of carbonyl (C=O) groups is 1. The van der Waals surface area contributed by atoms with Crippen molar-refractivity contribution >= 4 is 34.5 Å². The first-order valence-electron chi connectivity index (χ1n) is 6.92. The van der Waals surface area contributed by atoms with Crippen LogP contribution in [0.15, 0.2) is 46.0 Å². The third-order valence-corrected chi connectivity index (χ3v) is 4.16. The number of amides is 1. The summed E-state index contributed by atoms with van der Waals surface area (Å²) >= 11 is 1.03. The Hall–Kier alpha value is -2.48. The average Bonchev–Trinajstić information content (AvgIpc) is 2.97. The molecule has 0 saturated carbocycles. The monoisotopic (exact) mass is 352 g/mol. The molecule has 0 aliphatic rings. The average molecular weight is 352 g/mol. The number of hydrogen-bond donors (Lipinski definition) is 1. The number of benzene rings is 2. The largest absolute Gasteiger partial charge is 0.431 e. The fourth-order valence-corrected chi connectivity index (χ4v) is 2.72. The maximum absolute atomic E-state index is 13.6. The van der Waals surface area contributed by atoms with E-state index < -0.39 is 34.3 Å². The molecular formula is C16H11F3N2O2S. The number of fused-ring (bicyclic) bond motifs is 1. The van der Waals surface area contributed by atoms with E-state index in [1.807, 2.05) is 0 Å². The molecule has 1 aromatic heterocycles. The summed E-state index contributed by atoms with van der Waals surface area (Å²) in [4.78, 5) is 16.3. The second-order valence-corrected chi connectivity index (χ2v) is 6.21. The van der Waals surface area contributed by atoms with Crippen LogP contribution >= 0.6 is 11.8 Å². The summed E-state index contributed by atoms with van der Waals surface area (Å²) in [5.74, 6) is -4.99. The van der Waals surface area contributed by atoms with E-state index in [-0.39, 0.29) is 5.22 Å². The molecule has 24 heavy (non-hydrogen) atoms. The molecule has 0 unspecified atom stereocenters. The van der Waals surface area contributed by atoms with E-state index in [2.05, 4.69) is 10.3 Å². The minimum absolute atomic E-state index is 0.282. The van der Waals surface area contributed by atoms with Gasteiger partial charge in [-0.25, -0.2) is 18.2 Å². The second kappa shape index (κ2) is 6.56. The maximum Gasteiger partial charge on any atom is 0.257 e. The molecule has 0 radical (unpaired) electrons. The van der Waals surface area contributed by atoms with Gasteiger partial charge in [0.05, 0.1) is 10.9 Å². The van der Waals surface area contributed by atoms with E-state index in [9.17, 15) is 18.0 Å². The molecule has 1 atom stereocenters. The van der Waals surface area contributed by atoms with Gasteiger partial charge in [-0.15, -0.1) is 0 Å². The van der Waals surface area contributed by atoms with Gasteiger partial charge in [0, 0.05) is 0 Å². The quantitative estimate of drug-likeness (QED) is 0.560. The van der Waals surface area contributed by atoms with Crippen LogP contribution in [0.4, 0.5) is 18.9 Å². The van der Waals surface area contributed by atoms with Gasteiger partial charge in [-0.2, -0.15) is 0 Å². The molecule has 0 fully saturated rings. The second-order valence-electron chi connectivity index (χ2n) is 4.92. The molecule has 0 aliphatic carbocycles. The van der Waals surface area contributed by atoms with Crippen molar-refractivity contribution in [3.8, 4) is 0 Å². The zero-order valence-corrected chi connectivity index (χ0v) is 13.2. The maximum atomic E-state index is 13.6. The first-order valence-corrected chi connectivity index (χ1v) is 7.80. The Balaban J connectivity index is 1.72. The lowest BCUT2D eigenvalue weighted by atomic mass is 10.2. The van der Waals surface area contributed by atoms with Gasteiger partial charge in [0.15, 0.2) is 23.0 Å². The number of carbonyl (C=O) groups excluding carboxylic acids is 1. The fourth-order valence-electron chi connectivity index (χ4n) is 1.96. The smallest absolute Gasteiger partial charge is 0.257 e. The lowest BCUT2D eigenvalue weighted by molar-refractivity contribution is -0.115. The van der Waals surface area contributed by atoms with Crippen LogP contribution in [0.5, 0.6) is 0 Å². The van der Waals surface area contributed by atoms with Crippen LogP contribution in [0.2, 0.25) is 0 Å². The number of rotatable bonds is 4. The summed E-state index contributed by atoms with van der Waals surface area (Å²) in [6.45, 7) is 1.56. The number of halogens is 3. The van der Waals surface area contributed by atoms with Gasteiger partial charge >= 0.3 is 0 Å². The van der Waals surface area contributed by atoms with Gasteiger partial charge in [0.2, 0.25) is 5.91 Å². The van der Waals surface area contributed by atoms with Gasteiger partial charge in [-0.05, 0) is 31.2 Å². The van der Waals surface area contributed by atoms with Crippen molar-refractivity contribution in [1.29, 1.82) is 0 Å². The van der Waals surface area contributed by atoms with E-state index in [1.165, 1.54) is 0 Å². The molecule has 3 aromatic rings. The van der Waals surface area contributed by atoms with E-state index in [0.29, 0.717) is 11.1 Å². The van der Waals surface area contributed by atoms with Gasteiger partial charge in [0.25, 0.3) is 5.22 Å². The Morgan fingerprint density at radius 3 is 2.67 bits per heavy atom. The van der Waals surface area contributed by atoms with Crippen molar-refractivity contribution in [2.45, 2.75) is 17.4 Å². The summed E-state index contributed by atoms with van der Waals surface area (Å²) < 4.78 is 45.1. The normalized spacial score (nSPS) is 12.3. The van der Waals surface area contributed by atoms with Crippen molar-refractivity contribution in [1.82, 2.24) is 4.98 Å². The summed E-state index contributed by atoms with van der Waals surface area (Å²) in [5.41, 5.74) is 0.808. The zero-order chi connectivity index (χ0) is 17.3. The highest BCUT2D eigenvalue weighted by Crippen LogP contribution is 2.28. The van der Waals surface area contributed by atoms with Gasteiger partial charge < -0.3 is 9.73 Å². The van der Waals surface area contributed by atoms with Crippen molar-refractivity contribution in [3.05, 3.63) is 53.8 Å². The minimum Gasteiger partial charge on any atom is -0.431 e. The lowest BCUT2D eigenvalue weighted by Crippen LogP contribution is -2.23. The molecule has 0 saturated heterocycles. The number of aromatic nitrogens is 1. The first kappa shape index (κ1) is 16.4. The molecule has 8 heteroatoms. The first-order chi connectivity index (χ1) is 11.5. The predicted molar refractivity (Wildman–Crippen MR) is 84.3 cm³/mol. The number of thioether (sulfide) groups is 1. The highest BCUT2D eigenvalue weighted by Gasteiger charge is 2.21. The molecule has 0 spiro atoms. The van der Waals surface area contributed by atoms with E-state index >= 15 is 0 Å². The third-order valence-electron chi connectivity index (χ3n) is 3.21. The van der Waals surface area contributed by atoms with E-state index in [4.69, 9.17) is 4.42 Å². The third kappa shape index (κ3) is 3.23. The molecule has 0 aliphatic heterocycles. The predicted octanol–water partition coefficient (Wildman–Crippen LogP) is 4.36. The van der Waals surface area contributed by atoms with E-state index in [1.54, 1.807) is 31.2 Å². The summed E-state index contributed by atoms with van der Waals surface area (Å²) in [5, 5.41) is 1.81. The number of oxazole rings is 1. The number of hydrogen-bond acceptors (Lipinski definition) is 4. The van der Waals surface area contributed by atoms with Crippen molar-refractivity contribution < 1.29 is 22.4 Å². The number of para-hydroxylation sites is 2. The van der Waals surface area contributed by atoms with Crippen molar-refractivity contribution in [3.63, 3.8) is 0 Å².